The molecule has 1 aromatic carbocycles. The number of ether oxygens (including phenoxy) is 1. The molecule has 2 fully saturated rings. The van der Waals surface area contributed by atoms with Gasteiger partial charge >= 0.3 is 0 Å². The molecule has 2 aliphatic rings. The van der Waals surface area contributed by atoms with Crippen LogP contribution in [0.15, 0.2) is 24.3 Å². The zero-order valence-electron chi connectivity index (χ0n) is 13.6. The molecule has 2 saturated heterocycles. The Morgan fingerprint density at radius 3 is 2.87 bits per heavy atom. The summed E-state index contributed by atoms with van der Waals surface area (Å²) in [6.07, 6.45) is 3.53. The predicted molar refractivity (Wildman–Crippen MR) is 91.8 cm³/mol. The third kappa shape index (κ3) is 3.54. The molecule has 23 heavy (non-hydrogen) atoms. The molecule has 2 atom stereocenters. The van der Waals surface area contributed by atoms with Gasteiger partial charge in [0.25, 0.3) is 0 Å². The molecular weight excluding hydrogens is 312 g/mol. The van der Waals surface area contributed by atoms with Crippen molar-refractivity contribution >= 4 is 17.5 Å². The molecule has 1 amide bonds. The maximum Gasteiger partial charge on any atom is 0.231 e. The quantitative estimate of drug-likeness (QED) is 0.892. The number of nitrogens with one attached hydrogen (secondary N) is 2. The number of benzene rings is 1. The number of piperidine rings is 1. The van der Waals surface area contributed by atoms with Gasteiger partial charge in [-0.1, -0.05) is 23.7 Å². The fourth-order valence-electron chi connectivity index (χ4n) is 3.70. The highest BCUT2D eigenvalue weighted by atomic mass is 35.5. The summed E-state index contributed by atoms with van der Waals surface area (Å²) in [5, 5.41) is 7.41. The lowest BCUT2D eigenvalue weighted by atomic mass is 9.73. The summed E-state index contributed by atoms with van der Waals surface area (Å²) in [5.74, 6) is 0.114. The summed E-state index contributed by atoms with van der Waals surface area (Å²) >= 11 is 6.17. The summed E-state index contributed by atoms with van der Waals surface area (Å²) in [7, 11) is 0. The van der Waals surface area contributed by atoms with E-state index in [4.69, 9.17) is 16.3 Å². The summed E-state index contributed by atoms with van der Waals surface area (Å²) in [4.78, 5) is 13.2. The van der Waals surface area contributed by atoms with Crippen molar-refractivity contribution in [1.29, 1.82) is 0 Å². The largest absolute Gasteiger partial charge is 0.381 e. The van der Waals surface area contributed by atoms with Crippen molar-refractivity contribution in [2.75, 3.05) is 19.8 Å². The Balaban J connectivity index is 1.84. The molecule has 2 unspecified atom stereocenters. The maximum atomic E-state index is 13.2. The van der Waals surface area contributed by atoms with Crippen LogP contribution in [0.1, 0.15) is 38.2 Å². The highest BCUT2D eigenvalue weighted by molar-refractivity contribution is 6.30. The van der Waals surface area contributed by atoms with E-state index in [1.165, 1.54) is 0 Å². The first-order valence-corrected chi connectivity index (χ1v) is 8.88. The monoisotopic (exact) mass is 336 g/mol. The van der Waals surface area contributed by atoms with Gasteiger partial charge in [0.2, 0.25) is 5.91 Å². The van der Waals surface area contributed by atoms with E-state index in [2.05, 4.69) is 17.6 Å². The lowest BCUT2D eigenvalue weighted by molar-refractivity contribution is -0.131. The smallest absolute Gasteiger partial charge is 0.231 e. The predicted octanol–water partition coefficient (Wildman–Crippen LogP) is 2.64. The number of amides is 1. The minimum absolute atomic E-state index is 0.114. The summed E-state index contributed by atoms with van der Waals surface area (Å²) < 4.78 is 5.51. The summed E-state index contributed by atoms with van der Waals surface area (Å²) in [5.41, 5.74) is 0.475. The van der Waals surface area contributed by atoms with E-state index in [9.17, 15) is 4.79 Å². The van der Waals surface area contributed by atoms with Crippen LogP contribution in [0.2, 0.25) is 5.02 Å². The molecule has 2 N–H and O–H groups in total. The summed E-state index contributed by atoms with van der Waals surface area (Å²) in [6, 6.07) is 8.21. The first-order valence-electron chi connectivity index (χ1n) is 8.50. The number of rotatable bonds is 3. The van der Waals surface area contributed by atoms with Crippen molar-refractivity contribution in [2.45, 2.75) is 50.1 Å². The Hall–Kier alpha value is -1.10. The standard InChI is InChI=1S/C18H25ClN2O2/c1-13-16(6-3-9-20-13)21-17(22)18(7-10-23-11-8-18)14-4-2-5-15(19)12-14/h2,4-5,12-13,16,20H,3,6-11H2,1H3,(H,21,22). The molecule has 1 aromatic rings. The zero-order valence-corrected chi connectivity index (χ0v) is 14.4. The van der Waals surface area contributed by atoms with E-state index >= 15 is 0 Å². The van der Waals surface area contributed by atoms with Crippen molar-refractivity contribution in [3.05, 3.63) is 34.9 Å². The third-order valence-electron chi connectivity index (χ3n) is 5.24. The topological polar surface area (TPSA) is 50.4 Å². The molecule has 0 aliphatic carbocycles. The number of carbonyl (C=O) groups is 1. The van der Waals surface area contributed by atoms with Crippen LogP contribution < -0.4 is 10.6 Å². The van der Waals surface area contributed by atoms with Crippen LogP contribution in [0, 0.1) is 0 Å². The normalized spacial score (nSPS) is 27.4. The Bertz CT molecular complexity index is 558. The second-order valence-corrected chi connectivity index (χ2v) is 7.11. The number of hydrogen-bond donors (Lipinski definition) is 2. The van der Waals surface area contributed by atoms with Gasteiger partial charge in [0.05, 0.1) is 5.41 Å². The van der Waals surface area contributed by atoms with Crippen LogP contribution in [-0.4, -0.2) is 37.7 Å². The van der Waals surface area contributed by atoms with Crippen molar-refractivity contribution in [3.8, 4) is 0 Å². The minimum atomic E-state index is -0.527. The highest BCUT2D eigenvalue weighted by Crippen LogP contribution is 2.36. The van der Waals surface area contributed by atoms with Crippen molar-refractivity contribution in [2.24, 2.45) is 0 Å². The fourth-order valence-corrected chi connectivity index (χ4v) is 3.89. The number of halogens is 1. The third-order valence-corrected chi connectivity index (χ3v) is 5.47. The molecule has 4 nitrogen and oxygen atoms in total. The van der Waals surface area contributed by atoms with Gasteiger partial charge in [0.1, 0.15) is 0 Å². The number of carbonyl (C=O) groups excluding carboxylic acids is 1. The van der Waals surface area contributed by atoms with Gasteiger partial charge in [-0.15, -0.1) is 0 Å². The molecule has 2 aliphatic heterocycles. The lowest BCUT2D eigenvalue weighted by Gasteiger charge is -2.39. The van der Waals surface area contributed by atoms with Crippen molar-refractivity contribution < 1.29 is 9.53 Å². The second-order valence-electron chi connectivity index (χ2n) is 6.67. The molecule has 126 valence electrons. The fraction of sp³-hybridized carbons (Fsp3) is 0.611. The van der Waals surface area contributed by atoms with E-state index in [1.54, 1.807) is 0 Å². The van der Waals surface area contributed by atoms with Gasteiger partial charge in [0, 0.05) is 30.3 Å². The highest BCUT2D eigenvalue weighted by Gasteiger charge is 2.43. The van der Waals surface area contributed by atoms with E-state index < -0.39 is 5.41 Å². The lowest BCUT2D eigenvalue weighted by Crippen LogP contribution is -2.57. The second kappa shape index (κ2) is 7.20. The molecule has 0 bridgehead atoms. The molecule has 2 heterocycles. The molecule has 3 rings (SSSR count). The summed E-state index contributed by atoms with van der Waals surface area (Å²) in [6.45, 7) is 4.39. The van der Waals surface area contributed by atoms with Gasteiger partial charge in [0.15, 0.2) is 0 Å². The van der Waals surface area contributed by atoms with Crippen LogP contribution in [0.5, 0.6) is 0 Å². The van der Waals surface area contributed by atoms with Gasteiger partial charge < -0.3 is 15.4 Å². The molecule has 0 aromatic heterocycles. The Morgan fingerprint density at radius 1 is 1.39 bits per heavy atom. The average Bonchev–Trinajstić information content (AvgIpc) is 2.57. The van der Waals surface area contributed by atoms with Gasteiger partial charge in [-0.3, -0.25) is 4.79 Å². The van der Waals surface area contributed by atoms with E-state index in [0.717, 1.165) is 24.9 Å². The average molecular weight is 337 g/mol. The van der Waals surface area contributed by atoms with Crippen LogP contribution in [0.4, 0.5) is 0 Å². The van der Waals surface area contributed by atoms with E-state index in [1.807, 2.05) is 24.3 Å². The first-order chi connectivity index (χ1) is 11.1. The molecule has 0 radical (unpaired) electrons. The van der Waals surface area contributed by atoms with Crippen molar-refractivity contribution in [1.82, 2.24) is 10.6 Å². The van der Waals surface area contributed by atoms with Crippen LogP contribution in [0.25, 0.3) is 0 Å². The molecule has 0 saturated carbocycles. The molecule has 0 spiro atoms. The maximum absolute atomic E-state index is 13.2. The van der Waals surface area contributed by atoms with Gasteiger partial charge in [-0.25, -0.2) is 0 Å². The minimum Gasteiger partial charge on any atom is -0.381 e. The SMILES string of the molecule is CC1NCCCC1NC(=O)C1(c2cccc(Cl)c2)CCOCC1. The van der Waals surface area contributed by atoms with Crippen LogP contribution >= 0.6 is 11.6 Å². The van der Waals surface area contributed by atoms with Gasteiger partial charge in [-0.2, -0.15) is 0 Å². The van der Waals surface area contributed by atoms with E-state index in [-0.39, 0.29) is 11.9 Å². The van der Waals surface area contributed by atoms with Crippen molar-refractivity contribution in [3.63, 3.8) is 0 Å². The molecular formula is C18H25ClN2O2. The number of hydrogen-bond acceptors (Lipinski definition) is 3. The van der Waals surface area contributed by atoms with E-state index in [0.29, 0.717) is 37.1 Å². The van der Waals surface area contributed by atoms with Crippen LogP contribution in [-0.2, 0) is 14.9 Å². The van der Waals surface area contributed by atoms with Gasteiger partial charge in [-0.05, 0) is 56.8 Å². The zero-order chi connectivity index (χ0) is 16.3. The molecule has 5 heteroatoms. The Morgan fingerprint density at radius 2 is 2.17 bits per heavy atom. The Kier molecular flexibility index (Phi) is 5.24. The first kappa shape index (κ1) is 16.7. The Labute approximate surface area is 142 Å². The van der Waals surface area contributed by atoms with Crippen LogP contribution in [0.3, 0.4) is 0 Å².